The van der Waals surface area contributed by atoms with Gasteiger partial charge in [0.15, 0.2) is 0 Å². The lowest BCUT2D eigenvalue weighted by molar-refractivity contribution is -0.402. The maximum absolute atomic E-state index is 10.5. The van der Waals surface area contributed by atoms with Crippen molar-refractivity contribution in [3.8, 4) is 0 Å². The van der Waals surface area contributed by atoms with Crippen LogP contribution >= 0.6 is 0 Å². The minimum atomic E-state index is -2.99. The number of nitrogens with zero attached hydrogens (tertiary/aromatic N) is 1. The third kappa shape index (κ3) is 8.89. The smallest absolute Gasteiger partial charge is 0.249 e. The molecule has 0 unspecified atom stereocenters. The number of nitro groups is 1. The van der Waals surface area contributed by atoms with E-state index in [1.807, 2.05) is 0 Å². The minimum absolute atomic E-state index is 0.0327. The van der Waals surface area contributed by atoms with Crippen LogP contribution in [0.5, 0.6) is 0 Å². The summed E-state index contributed by atoms with van der Waals surface area (Å²) in [6.45, 7) is 0.184. The molecule has 0 aromatic heterocycles. The van der Waals surface area contributed by atoms with Gasteiger partial charge in [0, 0.05) is 12.8 Å². The highest BCUT2D eigenvalue weighted by atomic mass is 32.2. The van der Waals surface area contributed by atoms with Gasteiger partial charge in [-0.3, -0.25) is 10.1 Å². The van der Waals surface area contributed by atoms with Crippen LogP contribution in [0.15, 0.2) is 12.4 Å². The van der Waals surface area contributed by atoms with Crippen molar-refractivity contribution in [3.63, 3.8) is 0 Å². The van der Waals surface area contributed by atoms with Crippen molar-refractivity contribution in [3.05, 3.63) is 22.5 Å². The molecular weight excluding hydrogens is 184 g/mol. The highest BCUT2D eigenvalue weighted by molar-refractivity contribution is 7.90. The zero-order valence-electron chi connectivity index (χ0n) is 6.56. The summed E-state index contributed by atoms with van der Waals surface area (Å²) in [7, 11) is -2.99. The molecule has 0 bridgehead atoms. The molecule has 0 fully saturated rings. The van der Waals surface area contributed by atoms with E-state index in [2.05, 4.69) is 5.32 Å². The van der Waals surface area contributed by atoms with Crippen molar-refractivity contribution in [1.29, 1.82) is 0 Å². The first-order valence-electron chi connectivity index (χ1n) is 3.13. The van der Waals surface area contributed by atoms with Gasteiger partial charge >= 0.3 is 0 Å². The molecule has 6 nitrogen and oxygen atoms in total. The van der Waals surface area contributed by atoms with Crippen LogP contribution in [-0.4, -0.2) is 31.9 Å². The molecule has 12 heavy (non-hydrogen) atoms. The lowest BCUT2D eigenvalue weighted by Gasteiger charge is -1.96. The topological polar surface area (TPSA) is 89.3 Å². The molecule has 0 aliphatic heterocycles. The summed E-state index contributed by atoms with van der Waals surface area (Å²) < 4.78 is 21.1. The fourth-order valence-electron chi connectivity index (χ4n) is 0.441. The number of hydrogen-bond acceptors (Lipinski definition) is 5. The standard InChI is InChI=1S/C5H10N2O4S/c1-12(10,11)5-3-6-2-4-7(8)9/h2,4,6H,3,5H2,1H3/b4-2-. The zero-order chi connectivity index (χ0) is 9.61. The summed E-state index contributed by atoms with van der Waals surface area (Å²) in [5.74, 6) is -0.0327. The van der Waals surface area contributed by atoms with Crippen LogP contribution in [0.4, 0.5) is 0 Å². The summed E-state index contributed by atoms with van der Waals surface area (Å²) in [6.07, 6.45) is 2.92. The van der Waals surface area contributed by atoms with E-state index in [0.29, 0.717) is 6.20 Å². The maximum Gasteiger partial charge on any atom is 0.249 e. The Kier molecular flexibility index (Phi) is 4.27. The summed E-state index contributed by atoms with van der Waals surface area (Å²) in [5.41, 5.74) is 0. The Morgan fingerprint density at radius 2 is 2.17 bits per heavy atom. The second kappa shape index (κ2) is 4.70. The Bertz CT molecular complexity index is 269. The molecule has 0 rings (SSSR count). The Balaban J connectivity index is 3.53. The monoisotopic (exact) mass is 194 g/mol. The number of hydrogen-bond donors (Lipinski definition) is 1. The first-order chi connectivity index (χ1) is 5.42. The average Bonchev–Trinajstić information content (AvgIpc) is 1.83. The van der Waals surface area contributed by atoms with E-state index < -0.39 is 14.8 Å². The van der Waals surface area contributed by atoms with E-state index in [1.165, 1.54) is 0 Å². The Hall–Kier alpha value is -1.11. The summed E-state index contributed by atoms with van der Waals surface area (Å²) in [6, 6.07) is 0. The molecule has 0 aliphatic rings. The van der Waals surface area contributed by atoms with Crippen LogP contribution in [-0.2, 0) is 9.84 Å². The van der Waals surface area contributed by atoms with Gasteiger partial charge in [-0.05, 0) is 0 Å². The SMILES string of the molecule is CS(=O)(=O)CCN/C=C\[N+](=O)[O-]. The first-order valence-corrected chi connectivity index (χ1v) is 5.19. The van der Waals surface area contributed by atoms with Crippen LogP contribution in [0.2, 0.25) is 0 Å². The van der Waals surface area contributed by atoms with Crippen LogP contribution in [0.25, 0.3) is 0 Å². The predicted molar refractivity (Wildman–Crippen MR) is 43.8 cm³/mol. The quantitative estimate of drug-likeness (QED) is 0.357. The molecule has 1 N–H and O–H groups in total. The second-order valence-electron chi connectivity index (χ2n) is 2.19. The van der Waals surface area contributed by atoms with Gasteiger partial charge in [0.25, 0.3) is 0 Å². The molecule has 0 spiro atoms. The third-order valence-electron chi connectivity index (χ3n) is 0.931. The molecule has 0 atom stereocenters. The van der Waals surface area contributed by atoms with E-state index in [1.54, 1.807) is 0 Å². The van der Waals surface area contributed by atoms with Crippen molar-refractivity contribution in [2.45, 2.75) is 0 Å². The number of sulfone groups is 1. The van der Waals surface area contributed by atoms with Crippen molar-refractivity contribution in [1.82, 2.24) is 5.32 Å². The van der Waals surface area contributed by atoms with Crippen LogP contribution < -0.4 is 5.32 Å². The lowest BCUT2D eigenvalue weighted by Crippen LogP contribution is -2.17. The molecule has 0 aromatic carbocycles. The van der Waals surface area contributed by atoms with Gasteiger partial charge in [0.05, 0.1) is 16.9 Å². The van der Waals surface area contributed by atoms with E-state index in [0.717, 1.165) is 12.5 Å². The van der Waals surface area contributed by atoms with Crippen LogP contribution in [0, 0.1) is 10.1 Å². The Labute approximate surface area is 70.3 Å². The van der Waals surface area contributed by atoms with Crippen LogP contribution in [0.1, 0.15) is 0 Å². The summed E-state index contributed by atoms with van der Waals surface area (Å²) in [4.78, 5) is 9.09. The van der Waals surface area contributed by atoms with Gasteiger partial charge in [-0.1, -0.05) is 0 Å². The van der Waals surface area contributed by atoms with Gasteiger partial charge in [0.1, 0.15) is 9.84 Å². The molecule has 0 saturated heterocycles. The first kappa shape index (κ1) is 10.9. The summed E-state index contributed by atoms with van der Waals surface area (Å²) in [5, 5.41) is 12.2. The average molecular weight is 194 g/mol. The normalized spacial score (nSPS) is 11.8. The van der Waals surface area contributed by atoms with Gasteiger partial charge in [-0.25, -0.2) is 8.42 Å². The highest BCUT2D eigenvalue weighted by Gasteiger charge is 1.98. The highest BCUT2D eigenvalue weighted by Crippen LogP contribution is 1.79. The molecule has 0 amide bonds. The Morgan fingerprint density at radius 1 is 1.58 bits per heavy atom. The molecule has 0 saturated carbocycles. The third-order valence-corrected chi connectivity index (χ3v) is 1.88. The molecule has 7 heteroatoms. The van der Waals surface area contributed by atoms with Gasteiger partial charge in [0.2, 0.25) is 6.20 Å². The molecule has 0 radical (unpaired) electrons. The van der Waals surface area contributed by atoms with Crippen molar-refractivity contribution in [2.75, 3.05) is 18.6 Å². The molecular formula is C5H10N2O4S. The summed E-state index contributed by atoms with van der Waals surface area (Å²) >= 11 is 0. The van der Waals surface area contributed by atoms with E-state index >= 15 is 0 Å². The molecule has 0 aromatic rings. The Morgan fingerprint density at radius 3 is 2.58 bits per heavy atom. The lowest BCUT2D eigenvalue weighted by atomic mass is 10.7. The fraction of sp³-hybridized carbons (Fsp3) is 0.600. The fourth-order valence-corrected chi connectivity index (χ4v) is 0.930. The minimum Gasteiger partial charge on any atom is -0.385 e. The van der Waals surface area contributed by atoms with Crippen molar-refractivity contribution >= 4 is 9.84 Å². The predicted octanol–water partition coefficient (Wildman–Crippen LogP) is -0.631. The number of rotatable bonds is 5. The van der Waals surface area contributed by atoms with Crippen molar-refractivity contribution < 1.29 is 13.3 Å². The van der Waals surface area contributed by atoms with Crippen molar-refractivity contribution in [2.24, 2.45) is 0 Å². The molecule has 0 heterocycles. The molecule has 70 valence electrons. The second-order valence-corrected chi connectivity index (χ2v) is 4.44. The maximum atomic E-state index is 10.5. The van der Waals surface area contributed by atoms with E-state index in [-0.39, 0.29) is 12.3 Å². The van der Waals surface area contributed by atoms with Gasteiger partial charge < -0.3 is 5.32 Å². The largest absolute Gasteiger partial charge is 0.385 e. The number of nitrogens with one attached hydrogen (secondary N) is 1. The molecule has 0 aliphatic carbocycles. The van der Waals surface area contributed by atoms with Crippen LogP contribution in [0.3, 0.4) is 0 Å². The van der Waals surface area contributed by atoms with E-state index in [9.17, 15) is 18.5 Å². The van der Waals surface area contributed by atoms with Gasteiger partial charge in [-0.15, -0.1) is 0 Å². The zero-order valence-corrected chi connectivity index (χ0v) is 7.37. The van der Waals surface area contributed by atoms with Gasteiger partial charge in [-0.2, -0.15) is 0 Å². The van der Waals surface area contributed by atoms with E-state index in [4.69, 9.17) is 0 Å².